The van der Waals surface area contributed by atoms with Crippen molar-refractivity contribution in [3.8, 4) is 0 Å². The number of ketones is 1. The number of hydrogen-bond acceptors (Lipinski definition) is 4. The smallest absolute Gasteiger partial charge is 0.299 e. The van der Waals surface area contributed by atoms with Crippen molar-refractivity contribution in [1.82, 2.24) is 0 Å². The normalized spacial score (nSPS) is 18.3. The predicted molar refractivity (Wildman–Crippen MR) is 89.0 cm³/mol. The summed E-state index contributed by atoms with van der Waals surface area (Å²) in [5.41, 5.74) is 0. The van der Waals surface area contributed by atoms with E-state index >= 15 is 0 Å². The van der Waals surface area contributed by atoms with Crippen LogP contribution in [0.15, 0.2) is 0 Å². The third kappa shape index (κ3) is 5.14. The largest absolute Gasteiger partial charge is 0.460 e. The molecule has 0 rings (SSSR count). The van der Waals surface area contributed by atoms with E-state index in [0.29, 0.717) is 0 Å². The average molecular weight is 488 g/mol. The van der Waals surface area contributed by atoms with Crippen molar-refractivity contribution >= 4 is 26.2 Å². The summed E-state index contributed by atoms with van der Waals surface area (Å²) in [6, 6.07) is 0. The molecule has 4 nitrogen and oxygen atoms in total. The van der Waals surface area contributed by atoms with Crippen LogP contribution in [0.4, 0.5) is 39.5 Å². The molecule has 0 N–H and O–H groups in total. The number of alkyl halides is 9. The molecule has 0 radical (unpaired) electrons. The van der Waals surface area contributed by atoms with Crippen molar-refractivity contribution < 1.29 is 56.4 Å². The van der Waals surface area contributed by atoms with Crippen molar-refractivity contribution in [3.63, 3.8) is 0 Å². The molecule has 0 saturated heterocycles. The summed E-state index contributed by atoms with van der Waals surface area (Å²) >= 11 is 0. The maximum Gasteiger partial charge on any atom is 0.460 e. The zero-order chi connectivity index (χ0) is 23.9. The van der Waals surface area contributed by atoms with Crippen LogP contribution in [0.2, 0.25) is 0 Å². The Hall–Kier alpha value is -0.700. The molecule has 0 aromatic rings. The maximum absolute atomic E-state index is 13.9. The Bertz CT molecular complexity index is 712. The van der Waals surface area contributed by atoms with Gasteiger partial charge in [-0.2, -0.15) is 47.9 Å². The average Bonchev–Trinajstić information content (AvgIpc) is 2.43. The molecule has 176 valence electrons. The minimum absolute atomic E-state index is 0.152. The van der Waals surface area contributed by atoms with Crippen molar-refractivity contribution in [2.24, 2.45) is 0 Å². The van der Waals surface area contributed by atoms with E-state index in [4.69, 9.17) is 0 Å². The highest BCUT2D eigenvalue weighted by Gasteiger charge is 2.86. The van der Waals surface area contributed by atoms with E-state index in [0.717, 1.165) is 6.26 Å². The van der Waals surface area contributed by atoms with Crippen LogP contribution >= 0.6 is 10.3 Å². The van der Waals surface area contributed by atoms with Gasteiger partial charge in [-0.25, -0.2) is 3.63 Å². The van der Waals surface area contributed by atoms with Gasteiger partial charge in [0.2, 0.25) is 0 Å². The van der Waals surface area contributed by atoms with Gasteiger partial charge in [0.25, 0.3) is 0 Å². The van der Waals surface area contributed by atoms with Gasteiger partial charge in [-0.1, -0.05) is 27.7 Å². The van der Waals surface area contributed by atoms with Crippen molar-refractivity contribution in [3.05, 3.63) is 0 Å². The maximum atomic E-state index is 13.9. The fourth-order valence-corrected chi connectivity index (χ4v) is 6.33. The molecule has 0 aromatic heterocycles. The Morgan fingerprint density at radius 2 is 1.28 bits per heavy atom. The summed E-state index contributed by atoms with van der Waals surface area (Å²) in [7, 11) is -10.6. The highest BCUT2D eigenvalue weighted by molar-refractivity contribution is 8.33. The zero-order valence-corrected chi connectivity index (χ0v) is 17.6. The molecule has 1 atom stereocenters. The summed E-state index contributed by atoms with van der Waals surface area (Å²) in [6.07, 6.45) is -6.21. The number of carbonyl (C=O) groups excluding carboxylic acids is 1. The van der Waals surface area contributed by atoms with E-state index in [-0.39, 0.29) is 12.8 Å². The standard InChI is InChI=1S/C14H21F9O4S2/c1-6-7-9(24)8-28(5,10(2,3)4)27-29(25,26)14(22,23)12(17,18)11(15,16)13(19,20)21/h6-8H2,1-5H3. The van der Waals surface area contributed by atoms with Crippen molar-refractivity contribution in [2.75, 3.05) is 12.0 Å². The molecule has 0 aliphatic carbocycles. The van der Waals surface area contributed by atoms with Gasteiger partial charge >= 0.3 is 33.4 Å². The summed E-state index contributed by atoms with van der Waals surface area (Å²) in [6.45, 7) is 5.17. The molecule has 0 spiro atoms. The van der Waals surface area contributed by atoms with Gasteiger partial charge in [-0.3, -0.25) is 4.79 Å². The molecule has 0 heterocycles. The van der Waals surface area contributed by atoms with E-state index in [1.165, 1.54) is 20.8 Å². The monoisotopic (exact) mass is 488 g/mol. The van der Waals surface area contributed by atoms with Gasteiger partial charge < -0.3 is 0 Å². The molecule has 0 bridgehead atoms. The number of halogens is 9. The zero-order valence-electron chi connectivity index (χ0n) is 16.0. The van der Waals surface area contributed by atoms with E-state index < -0.39 is 60.0 Å². The second-order valence-corrected chi connectivity index (χ2v) is 12.7. The fraction of sp³-hybridized carbons (Fsp3) is 0.929. The molecule has 1 unspecified atom stereocenters. The molecule has 29 heavy (non-hydrogen) atoms. The van der Waals surface area contributed by atoms with E-state index in [9.17, 15) is 52.7 Å². The summed E-state index contributed by atoms with van der Waals surface area (Å²) in [5.74, 6) is -16.3. The van der Waals surface area contributed by atoms with E-state index in [1.807, 2.05) is 0 Å². The third-order valence-corrected chi connectivity index (χ3v) is 10.2. The molecule has 0 fully saturated rings. The van der Waals surface area contributed by atoms with Gasteiger partial charge in [-0.05, 0) is 12.7 Å². The van der Waals surface area contributed by atoms with Gasteiger partial charge in [0, 0.05) is 11.2 Å². The van der Waals surface area contributed by atoms with Crippen molar-refractivity contribution in [1.29, 1.82) is 0 Å². The van der Waals surface area contributed by atoms with Crippen molar-refractivity contribution in [2.45, 2.75) is 68.6 Å². The minimum atomic E-state index is -7.39. The quantitative estimate of drug-likeness (QED) is 0.415. The third-order valence-electron chi connectivity index (χ3n) is 3.93. The molecule has 0 amide bonds. The first-order valence-corrected chi connectivity index (χ1v) is 11.4. The molecule has 0 aliphatic heterocycles. The van der Waals surface area contributed by atoms with E-state index in [2.05, 4.69) is 3.63 Å². The van der Waals surface area contributed by atoms with Crippen LogP contribution in [0.25, 0.3) is 0 Å². The minimum Gasteiger partial charge on any atom is -0.299 e. The van der Waals surface area contributed by atoms with Gasteiger partial charge in [-0.15, -0.1) is 10.3 Å². The summed E-state index contributed by atoms with van der Waals surface area (Å²) in [4.78, 5) is 11.9. The van der Waals surface area contributed by atoms with E-state index in [1.54, 1.807) is 6.92 Å². The highest BCUT2D eigenvalue weighted by atomic mass is 32.3. The van der Waals surface area contributed by atoms with Crippen LogP contribution < -0.4 is 0 Å². The number of rotatable bonds is 9. The van der Waals surface area contributed by atoms with Gasteiger partial charge in [0.05, 0.1) is 5.75 Å². The van der Waals surface area contributed by atoms with Crippen LogP contribution in [0.1, 0.15) is 40.5 Å². The predicted octanol–water partition coefficient (Wildman–Crippen LogP) is 5.28. The van der Waals surface area contributed by atoms with Crippen LogP contribution in [-0.4, -0.2) is 54.2 Å². The molecule has 0 aromatic carbocycles. The first-order valence-electron chi connectivity index (χ1n) is 7.84. The van der Waals surface area contributed by atoms with Gasteiger partial charge in [0.15, 0.2) is 0 Å². The molecule has 0 aliphatic rings. The molecular formula is C14H21F9O4S2. The highest BCUT2D eigenvalue weighted by Crippen LogP contribution is 2.62. The molecule has 15 heteroatoms. The SMILES string of the molecule is CCCC(=O)CS(C)(OS(=O)(=O)C(F)(F)C(F)(F)C(F)(F)C(F)(F)F)C(C)(C)C. The molecule has 0 saturated carbocycles. The Morgan fingerprint density at radius 1 is 0.862 bits per heavy atom. The molecular weight excluding hydrogens is 467 g/mol. The number of hydrogen-bond donors (Lipinski definition) is 0. The first kappa shape index (κ1) is 28.3. The Kier molecular flexibility index (Phi) is 7.90. The summed E-state index contributed by atoms with van der Waals surface area (Å²) in [5, 5.41) is -6.95. The Balaban J connectivity index is 6.35. The number of Topliss-reactive ketones (excluding diaryl/α,β-unsaturated/α-hetero) is 1. The Morgan fingerprint density at radius 3 is 1.59 bits per heavy atom. The second kappa shape index (κ2) is 8.09. The second-order valence-electron chi connectivity index (χ2n) is 7.24. The van der Waals surface area contributed by atoms with Crippen LogP contribution in [0.5, 0.6) is 0 Å². The Labute approximate surface area is 163 Å². The van der Waals surface area contributed by atoms with Crippen LogP contribution in [0, 0.1) is 0 Å². The van der Waals surface area contributed by atoms with Crippen LogP contribution in [-0.2, 0) is 18.5 Å². The van der Waals surface area contributed by atoms with Gasteiger partial charge in [0.1, 0.15) is 5.78 Å². The van der Waals surface area contributed by atoms with Crippen LogP contribution in [0.3, 0.4) is 0 Å². The fourth-order valence-electron chi connectivity index (χ4n) is 1.76. The topological polar surface area (TPSA) is 60.4 Å². The number of carbonyl (C=O) groups is 1. The lowest BCUT2D eigenvalue weighted by Gasteiger charge is -2.46. The summed E-state index contributed by atoms with van der Waals surface area (Å²) < 4.78 is 144. The lowest BCUT2D eigenvalue weighted by molar-refractivity contribution is -0.382. The first-order chi connectivity index (χ1) is 12.4. The lowest BCUT2D eigenvalue weighted by Crippen LogP contribution is -2.63. The lowest BCUT2D eigenvalue weighted by atomic mass is 10.1.